The van der Waals surface area contributed by atoms with E-state index in [4.69, 9.17) is 0 Å². The van der Waals surface area contributed by atoms with Gasteiger partial charge in [0.2, 0.25) is 5.91 Å². The lowest BCUT2D eigenvalue weighted by Gasteiger charge is -2.27. The molecule has 98 valence electrons. The highest BCUT2D eigenvalue weighted by molar-refractivity contribution is 5.92. The molecule has 1 aromatic carbocycles. The molecule has 0 aliphatic carbocycles. The van der Waals surface area contributed by atoms with Gasteiger partial charge in [-0.15, -0.1) is 0 Å². The van der Waals surface area contributed by atoms with Crippen LogP contribution >= 0.6 is 0 Å². The fourth-order valence-electron chi connectivity index (χ4n) is 2.21. The van der Waals surface area contributed by atoms with E-state index in [0.29, 0.717) is 12.8 Å². The van der Waals surface area contributed by atoms with Gasteiger partial charge in [-0.25, -0.2) is 8.78 Å². The molecule has 2 unspecified atom stereocenters. The SMILES string of the molecule is CC1CC(C(=O)Nc2cccc(F)c2F)CCN1. The van der Waals surface area contributed by atoms with Crippen molar-refractivity contribution in [2.75, 3.05) is 11.9 Å². The van der Waals surface area contributed by atoms with E-state index in [1.807, 2.05) is 6.92 Å². The number of carbonyl (C=O) groups is 1. The molecule has 2 N–H and O–H groups in total. The molecular formula is C13H16F2N2O. The van der Waals surface area contributed by atoms with Gasteiger partial charge in [0.25, 0.3) is 0 Å². The molecule has 2 rings (SSSR count). The largest absolute Gasteiger partial charge is 0.323 e. The molecule has 1 fully saturated rings. The average Bonchev–Trinajstić information content (AvgIpc) is 2.35. The van der Waals surface area contributed by atoms with Crippen LogP contribution in [0.2, 0.25) is 0 Å². The van der Waals surface area contributed by atoms with Gasteiger partial charge in [0.15, 0.2) is 11.6 Å². The van der Waals surface area contributed by atoms with Crippen LogP contribution in [0.3, 0.4) is 0 Å². The second-order valence-corrected chi connectivity index (χ2v) is 4.67. The summed E-state index contributed by atoms with van der Waals surface area (Å²) >= 11 is 0. The van der Waals surface area contributed by atoms with Crippen LogP contribution < -0.4 is 10.6 Å². The lowest BCUT2D eigenvalue weighted by Crippen LogP contribution is -2.40. The summed E-state index contributed by atoms with van der Waals surface area (Å²) in [5.74, 6) is -2.35. The van der Waals surface area contributed by atoms with Crippen LogP contribution in [0.4, 0.5) is 14.5 Å². The Bertz CT molecular complexity index is 451. The summed E-state index contributed by atoms with van der Waals surface area (Å²) in [5, 5.41) is 5.70. The van der Waals surface area contributed by atoms with E-state index in [2.05, 4.69) is 10.6 Å². The van der Waals surface area contributed by atoms with Crippen molar-refractivity contribution in [1.82, 2.24) is 5.32 Å². The first-order valence-electron chi connectivity index (χ1n) is 6.06. The Hall–Kier alpha value is -1.49. The summed E-state index contributed by atoms with van der Waals surface area (Å²) in [6.07, 6.45) is 1.43. The number of nitrogens with one attached hydrogen (secondary N) is 2. The van der Waals surface area contributed by atoms with Crippen LogP contribution in [-0.4, -0.2) is 18.5 Å². The number of halogens is 2. The van der Waals surface area contributed by atoms with Gasteiger partial charge in [-0.05, 0) is 38.4 Å². The van der Waals surface area contributed by atoms with Crippen molar-refractivity contribution in [2.45, 2.75) is 25.8 Å². The molecule has 0 bridgehead atoms. The van der Waals surface area contributed by atoms with Gasteiger partial charge in [-0.1, -0.05) is 6.07 Å². The van der Waals surface area contributed by atoms with E-state index in [1.54, 1.807) is 0 Å². The van der Waals surface area contributed by atoms with E-state index < -0.39 is 11.6 Å². The highest BCUT2D eigenvalue weighted by atomic mass is 19.2. The smallest absolute Gasteiger partial charge is 0.227 e. The molecule has 2 atom stereocenters. The minimum Gasteiger partial charge on any atom is -0.323 e. The molecule has 3 nitrogen and oxygen atoms in total. The average molecular weight is 254 g/mol. The standard InChI is InChI=1S/C13H16F2N2O/c1-8-7-9(5-6-16-8)13(18)17-11-4-2-3-10(14)12(11)15/h2-4,8-9,16H,5-7H2,1H3,(H,17,18). The van der Waals surface area contributed by atoms with E-state index in [1.165, 1.54) is 12.1 Å². The summed E-state index contributed by atoms with van der Waals surface area (Å²) in [7, 11) is 0. The van der Waals surface area contributed by atoms with Gasteiger partial charge >= 0.3 is 0 Å². The third-order valence-corrected chi connectivity index (χ3v) is 3.20. The van der Waals surface area contributed by atoms with Gasteiger partial charge in [-0.2, -0.15) is 0 Å². The van der Waals surface area contributed by atoms with Crippen molar-refractivity contribution in [1.29, 1.82) is 0 Å². The Kier molecular flexibility index (Phi) is 3.91. The Morgan fingerprint density at radius 3 is 2.94 bits per heavy atom. The molecule has 0 spiro atoms. The zero-order valence-corrected chi connectivity index (χ0v) is 10.2. The van der Waals surface area contributed by atoms with Crippen LogP contribution in [0.1, 0.15) is 19.8 Å². The van der Waals surface area contributed by atoms with Gasteiger partial charge in [-0.3, -0.25) is 4.79 Å². The van der Waals surface area contributed by atoms with Crippen molar-refractivity contribution in [3.8, 4) is 0 Å². The summed E-state index contributed by atoms with van der Waals surface area (Å²) in [4.78, 5) is 11.9. The number of amides is 1. The quantitative estimate of drug-likeness (QED) is 0.850. The van der Waals surface area contributed by atoms with Crippen molar-refractivity contribution in [3.63, 3.8) is 0 Å². The maximum Gasteiger partial charge on any atom is 0.227 e. The summed E-state index contributed by atoms with van der Waals surface area (Å²) < 4.78 is 26.4. The summed E-state index contributed by atoms with van der Waals surface area (Å²) in [5.41, 5.74) is -0.0915. The molecular weight excluding hydrogens is 238 g/mol. The molecule has 18 heavy (non-hydrogen) atoms. The molecule has 1 aliphatic heterocycles. The summed E-state index contributed by atoms with van der Waals surface area (Å²) in [6.45, 7) is 2.77. The Morgan fingerprint density at radius 1 is 1.44 bits per heavy atom. The number of hydrogen-bond acceptors (Lipinski definition) is 2. The molecule has 1 amide bonds. The number of hydrogen-bond donors (Lipinski definition) is 2. The third kappa shape index (κ3) is 2.85. The van der Waals surface area contributed by atoms with Crippen LogP contribution in [0.25, 0.3) is 0 Å². The Labute approximate surface area is 105 Å². The second kappa shape index (κ2) is 5.44. The van der Waals surface area contributed by atoms with E-state index in [0.717, 1.165) is 12.6 Å². The van der Waals surface area contributed by atoms with Crippen LogP contribution in [0, 0.1) is 17.6 Å². The van der Waals surface area contributed by atoms with Crippen LogP contribution in [-0.2, 0) is 4.79 Å². The number of piperidine rings is 1. The van der Waals surface area contributed by atoms with Gasteiger partial charge in [0.1, 0.15) is 0 Å². The Balaban J connectivity index is 2.04. The number of benzene rings is 1. The molecule has 0 aromatic heterocycles. The van der Waals surface area contributed by atoms with Crippen molar-refractivity contribution >= 4 is 11.6 Å². The topological polar surface area (TPSA) is 41.1 Å². The highest BCUT2D eigenvalue weighted by Gasteiger charge is 2.25. The fourth-order valence-corrected chi connectivity index (χ4v) is 2.21. The first-order valence-corrected chi connectivity index (χ1v) is 6.06. The number of carbonyl (C=O) groups excluding carboxylic acids is 1. The lowest BCUT2D eigenvalue weighted by molar-refractivity contribution is -0.120. The van der Waals surface area contributed by atoms with Crippen LogP contribution in [0.5, 0.6) is 0 Å². The minimum absolute atomic E-state index is 0.0915. The molecule has 1 aromatic rings. The van der Waals surface area contributed by atoms with Crippen molar-refractivity contribution in [2.24, 2.45) is 5.92 Å². The zero-order chi connectivity index (χ0) is 13.1. The van der Waals surface area contributed by atoms with Gasteiger partial charge in [0, 0.05) is 12.0 Å². The first-order chi connectivity index (χ1) is 8.58. The lowest BCUT2D eigenvalue weighted by atomic mass is 9.92. The van der Waals surface area contributed by atoms with Gasteiger partial charge < -0.3 is 10.6 Å². The second-order valence-electron chi connectivity index (χ2n) is 4.67. The highest BCUT2D eigenvalue weighted by Crippen LogP contribution is 2.21. The molecule has 1 heterocycles. The number of anilines is 1. The number of rotatable bonds is 2. The maximum absolute atomic E-state index is 13.4. The van der Waals surface area contributed by atoms with Crippen LogP contribution in [0.15, 0.2) is 18.2 Å². The van der Waals surface area contributed by atoms with E-state index in [-0.39, 0.29) is 23.6 Å². The molecule has 1 aliphatic rings. The molecule has 0 radical (unpaired) electrons. The first kappa shape index (κ1) is 13.0. The molecule has 1 saturated heterocycles. The maximum atomic E-state index is 13.4. The van der Waals surface area contributed by atoms with Gasteiger partial charge in [0.05, 0.1) is 5.69 Å². The van der Waals surface area contributed by atoms with Crippen molar-refractivity contribution in [3.05, 3.63) is 29.8 Å². The third-order valence-electron chi connectivity index (χ3n) is 3.20. The zero-order valence-electron chi connectivity index (χ0n) is 10.2. The summed E-state index contributed by atoms with van der Waals surface area (Å²) in [6, 6.07) is 4.03. The predicted molar refractivity (Wildman–Crippen MR) is 65.2 cm³/mol. The fraction of sp³-hybridized carbons (Fsp3) is 0.462. The van der Waals surface area contributed by atoms with E-state index >= 15 is 0 Å². The molecule has 0 saturated carbocycles. The predicted octanol–water partition coefficient (Wildman–Crippen LogP) is 2.29. The monoisotopic (exact) mass is 254 g/mol. The van der Waals surface area contributed by atoms with Crippen molar-refractivity contribution < 1.29 is 13.6 Å². The normalized spacial score (nSPS) is 23.7. The molecule has 5 heteroatoms. The Morgan fingerprint density at radius 2 is 2.22 bits per heavy atom. The van der Waals surface area contributed by atoms with E-state index in [9.17, 15) is 13.6 Å². The minimum atomic E-state index is -1.01.